The number of halogens is 2. The van der Waals surface area contributed by atoms with Gasteiger partial charge < -0.3 is 5.32 Å². The molecule has 108 valence electrons. The highest BCUT2D eigenvalue weighted by Crippen LogP contribution is 2.30. The van der Waals surface area contributed by atoms with Crippen molar-refractivity contribution >= 4 is 45.4 Å². The monoisotopic (exact) mass is 342 g/mol. The van der Waals surface area contributed by atoms with Gasteiger partial charge in [0, 0.05) is 25.2 Å². The van der Waals surface area contributed by atoms with E-state index >= 15 is 0 Å². The van der Waals surface area contributed by atoms with Crippen molar-refractivity contribution in [3.8, 4) is 0 Å². The molecule has 2 unspecified atom stereocenters. The molecule has 1 N–H and O–H groups in total. The van der Waals surface area contributed by atoms with E-state index in [1.165, 1.54) is 6.42 Å². The second-order valence-corrected chi connectivity index (χ2v) is 8.73. The molecule has 2 bridgehead atoms. The van der Waals surface area contributed by atoms with Crippen molar-refractivity contribution in [2.24, 2.45) is 0 Å². The fraction of sp³-hybridized carbons (Fsp3) is 0.636. The van der Waals surface area contributed by atoms with Crippen LogP contribution in [0.2, 0.25) is 4.34 Å². The lowest BCUT2D eigenvalue weighted by Gasteiger charge is -2.22. The number of fused-ring (bicyclic) bond motifs is 2. The van der Waals surface area contributed by atoms with E-state index in [4.69, 9.17) is 11.6 Å². The molecule has 1 aromatic heterocycles. The maximum absolute atomic E-state index is 12.5. The SMILES string of the molecule is Cl.O=S(=O)(c1ccc(Cl)s1)N1CCC2CCC(C1)N2. The molecule has 0 saturated carbocycles. The zero-order chi connectivity index (χ0) is 12.8. The summed E-state index contributed by atoms with van der Waals surface area (Å²) < 4.78 is 27.4. The number of sulfonamides is 1. The number of thiophene rings is 1. The molecular formula is C11H16Cl2N2O2S2. The van der Waals surface area contributed by atoms with Gasteiger partial charge in [-0.25, -0.2) is 8.42 Å². The molecule has 0 aromatic carbocycles. The van der Waals surface area contributed by atoms with Gasteiger partial charge in [-0.15, -0.1) is 23.7 Å². The smallest absolute Gasteiger partial charge is 0.252 e. The van der Waals surface area contributed by atoms with E-state index in [-0.39, 0.29) is 12.4 Å². The summed E-state index contributed by atoms with van der Waals surface area (Å²) in [5.41, 5.74) is 0. The van der Waals surface area contributed by atoms with Crippen LogP contribution in [-0.4, -0.2) is 37.9 Å². The molecule has 2 saturated heterocycles. The zero-order valence-electron chi connectivity index (χ0n) is 10.2. The largest absolute Gasteiger partial charge is 0.310 e. The van der Waals surface area contributed by atoms with E-state index in [1.807, 2.05) is 0 Å². The highest BCUT2D eigenvalue weighted by molar-refractivity contribution is 7.91. The van der Waals surface area contributed by atoms with Crippen LogP contribution in [0.1, 0.15) is 19.3 Å². The van der Waals surface area contributed by atoms with Crippen molar-refractivity contribution in [3.63, 3.8) is 0 Å². The Bertz CT molecular complexity index is 547. The quantitative estimate of drug-likeness (QED) is 0.897. The molecule has 3 heterocycles. The first kappa shape index (κ1) is 15.5. The Kier molecular flexibility index (Phi) is 4.80. The third-order valence-electron chi connectivity index (χ3n) is 3.63. The number of hydrogen-bond acceptors (Lipinski definition) is 4. The van der Waals surface area contributed by atoms with Gasteiger partial charge in [0.05, 0.1) is 4.34 Å². The van der Waals surface area contributed by atoms with Crippen LogP contribution in [0, 0.1) is 0 Å². The molecule has 1 aromatic rings. The van der Waals surface area contributed by atoms with Crippen molar-refractivity contribution in [1.82, 2.24) is 9.62 Å². The molecule has 4 nitrogen and oxygen atoms in total. The summed E-state index contributed by atoms with van der Waals surface area (Å²) in [6, 6.07) is 4.03. The first-order valence-electron chi connectivity index (χ1n) is 6.07. The van der Waals surface area contributed by atoms with E-state index in [0.717, 1.165) is 24.2 Å². The highest BCUT2D eigenvalue weighted by Gasteiger charge is 2.35. The predicted molar refractivity (Wildman–Crippen MR) is 79.9 cm³/mol. The number of hydrogen-bond donors (Lipinski definition) is 1. The fourth-order valence-corrected chi connectivity index (χ4v) is 5.83. The second kappa shape index (κ2) is 5.87. The predicted octanol–water partition coefficient (Wildman–Crippen LogP) is 2.34. The Labute approximate surface area is 128 Å². The average Bonchev–Trinajstić information content (AvgIpc) is 2.85. The van der Waals surface area contributed by atoms with Crippen molar-refractivity contribution in [2.45, 2.75) is 35.6 Å². The zero-order valence-corrected chi connectivity index (χ0v) is 13.4. The molecule has 3 rings (SSSR count). The Balaban J connectivity index is 0.00000133. The van der Waals surface area contributed by atoms with Gasteiger partial charge in [0.15, 0.2) is 0 Å². The summed E-state index contributed by atoms with van der Waals surface area (Å²) in [5, 5.41) is 3.48. The van der Waals surface area contributed by atoms with Crippen LogP contribution in [0.15, 0.2) is 16.3 Å². The van der Waals surface area contributed by atoms with E-state index < -0.39 is 10.0 Å². The van der Waals surface area contributed by atoms with Crippen molar-refractivity contribution < 1.29 is 8.42 Å². The second-order valence-electron chi connectivity index (χ2n) is 4.85. The van der Waals surface area contributed by atoms with E-state index in [2.05, 4.69) is 5.32 Å². The molecule has 0 amide bonds. The van der Waals surface area contributed by atoms with E-state index in [1.54, 1.807) is 16.4 Å². The van der Waals surface area contributed by atoms with Crippen LogP contribution in [0.4, 0.5) is 0 Å². The van der Waals surface area contributed by atoms with E-state index in [0.29, 0.717) is 33.7 Å². The van der Waals surface area contributed by atoms with Gasteiger partial charge in [0.25, 0.3) is 10.0 Å². The molecule has 2 aliphatic heterocycles. The van der Waals surface area contributed by atoms with E-state index in [9.17, 15) is 8.42 Å². The maximum atomic E-state index is 12.5. The van der Waals surface area contributed by atoms with Crippen LogP contribution in [0.5, 0.6) is 0 Å². The fourth-order valence-electron chi connectivity index (χ4n) is 2.69. The lowest BCUT2D eigenvalue weighted by Crippen LogP contribution is -2.38. The summed E-state index contributed by atoms with van der Waals surface area (Å²) in [6.07, 6.45) is 3.14. The third-order valence-corrected chi connectivity index (χ3v) is 7.19. The Hall–Kier alpha value is 0.150. The summed E-state index contributed by atoms with van der Waals surface area (Å²) in [5.74, 6) is 0. The van der Waals surface area contributed by atoms with Gasteiger partial charge in [-0.05, 0) is 31.4 Å². The molecule has 2 fully saturated rings. The minimum Gasteiger partial charge on any atom is -0.310 e. The summed E-state index contributed by atoms with van der Waals surface area (Å²) in [7, 11) is -3.36. The van der Waals surface area contributed by atoms with Crippen LogP contribution in [-0.2, 0) is 10.0 Å². The summed E-state index contributed by atoms with van der Waals surface area (Å²) >= 11 is 6.95. The van der Waals surface area contributed by atoms with Gasteiger partial charge in [-0.1, -0.05) is 11.6 Å². The molecule has 2 atom stereocenters. The molecule has 0 spiro atoms. The lowest BCUT2D eigenvalue weighted by molar-refractivity contribution is 0.384. The van der Waals surface area contributed by atoms with Crippen LogP contribution in [0.3, 0.4) is 0 Å². The standard InChI is InChI=1S/C11H15ClN2O2S2.ClH/c12-10-3-4-11(17-10)18(15,16)14-6-5-8-1-2-9(7-14)13-8;/h3-4,8-9,13H,1-2,5-7H2;1H. The third kappa shape index (κ3) is 3.09. The molecule has 2 aliphatic rings. The van der Waals surface area contributed by atoms with Crippen molar-refractivity contribution in [3.05, 3.63) is 16.5 Å². The van der Waals surface area contributed by atoms with Crippen LogP contribution < -0.4 is 5.32 Å². The molecule has 0 radical (unpaired) electrons. The lowest BCUT2D eigenvalue weighted by atomic mass is 10.1. The summed E-state index contributed by atoms with van der Waals surface area (Å²) in [4.78, 5) is 0. The van der Waals surface area contributed by atoms with Gasteiger partial charge in [-0.2, -0.15) is 4.31 Å². The van der Waals surface area contributed by atoms with Gasteiger partial charge >= 0.3 is 0 Å². The first-order valence-corrected chi connectivity index (χ1v) is 8.71. The Morgan fingerprint density at radius 1 is 1.26 bits per heavy atom. The van der Waals surface area contributed by atoms with Gasteiger partial charge in [0.1, 0.15) is 4.21 Å². The van der Waals surface area contributed by atoms with Gasteiger partial charge in [-0.3, -0.25) is 0 Å². The highest BCUT2D eigenvalue weighted by atomic mass is 35.5. The first-order chi connectivity index (χ1) is 8.55. The number of rotatable bonds is 2. The number of nitrogens with zero attached hydrogens (tertiary/aromatic N) is 1. The molecular weight excluding hydrogens is 327 g/mol. The van der Waals surface area contributed by atoms with Gasteiger partial charge in [0.2, 0.25) is 0 Å². The van der Waals surface area contributed by atoms with Crippen molar-refractivity contribution in [1.29, 1.82) is 0 Å². The maximum Gasteiger partial charge on any atom is 0.252 e. The Morgan fingerprint density at radius 3 is 2.68 bits per heavy atom. The topological polar surface area (TPSA) is 49.4 Å². The molecule has 19 heavy (non-hydrogen) atoms. The van der Waals surface area contributed by atoms with Crippen LogP contribution in [0.25, 0.3) is 0 Å². The summed E-state index contributed by atoms with van der Waals surface area (Å²) in [6.45, 7) is 1.18. The average molecular weight is 343 g/mol. The molecule has 0 aliphatic carbocycles. The minimum atomic E-state index is -3.36. The van der Waals surface area contributed by atoms with Crippen LogP contribution >= 0.6 is 35.3 Å². The Morgan fingerprint density at radius 2 is 2.00 bits per heavy atom. The number of nitrogens with one attached hydrogen (secondary N) is 1. The minimum absolute atomic E-state index is 0. The van der Waals surface area contributed by atoms with Crippen molar-refractivity contribution in [2.75, 3.05) is 13.1 Å². The normalized spacial score (nSPS) is 27.8. The molecule has 8 heteroatoms.